The number of nitrogens with one attached hydrogen (secondary N) is 2. The standard InChI is InChI=1S/C12H17N3O4/c1-3-19-12-8-10(4-5-11(12)15(17)18)14-7-6-13-9(2)16/h4-5,8,14H,3,6-7H2,1-2H3,(H,13,16). The third kappa shape index (κ3) is 4.82. The van der Waals surface area contributed by atoms with Gasteiger partial charge in [-0.25, -0.2) is 0 Å². The van der Waals surface area contributed by atoms with E-state index in [-0.39, 0.29) is 17.3 Å². The highest BCUT2D eigenvalue weighted by Crippen LogP contribution is 2.29. The van der Waals surface area contributed by atoms with Crippen LogP contribution < -0.4 is 15.4 Å². The minimum Gasteiger partial charge on any atom is -0.487 e. The molecule has 2 N–H and O–H groups in total. The van der Waals surface area contributed by atoms with Crippen LogP contribution in [0.3, 0.4) is 0 Å². The summed E-state index contributed by atoms with van der Waals surface area (Å²) in [5.41, 5.74) is 0.647. The van der Waals surface area contributed by atoms with Crippen molar-refractivity contribution < 1.29 is 14.5 Å². The van der Waals surface area contributed by atoms with E-state index in [0.29, 0.717) is 25.4 Å². The van der Waals surface area contributed by atoms with Gasteiger partial charge in [0.05, 0.1) is 11.5 Å². The normalized spacial score (nSPS) is 9.79. The van der Waals surface area contributed by atoms with Crippen LogP contribution in [0.1, 0.15) is 13.8 Å². The quantitative estimate of drug-likeness (QED) is 0.444. The van der Waals surface area contributed by atoms with E-state index in [0.717, 1.165) is 0 Å². The Balaban J connectivity index is 2.67. The summed E-state index contributed by atoms with van der Waals surface area (Å²) in [6.45, 7) is 4.58. The van der Waals surface area contributed by atoms with Crippen molar-refractivity contribution in [1.82, 2.24) is 5.32 Å². The van der Waals surface area contributed by atoms with Crippen molar-refractivity contribution in [2.75, 3.05) is 25.0 Å². The van der Waals surface area contributed by atoms with Gasteiger partial charge in [-0.15, -0.1) is 0 Å². The average molecular weight is 267 g/mol. The van der Waals surface area contributed by atoms with Crippen molar-refractivity contribution in [3.8, 4) is 5.75 Å². The predicted octanol–water partition coefficient (Wildman–Crippen LogP) is 1.54. The van der Waals surface area contributed by atoms with Crippen molar-refractivity contribution in [3.05, 3.63) is 28.3 Å². The highest BCUT2D eigenvalue weighted by atomic mass is 16.6. The molecule has 7 heteroatoms. The summed E-state index contributed by atoms with van der Waals surface area (Å²) in [5.74, 6) is 0.137. The van der Waals surface area contributed by atoms with Gasteiger partial charge in [-0.05, 0) is 13.0 Å². The smallest absolute Gasteiger partial charge is 0.311 e. The number of nitrogens with zero attached hydrogens (tertiary/aromatic N) is 1. The Morgan fingerprint density at radius 3 is 2.74 bits per heavy atom. The van der Waals surface area contributed by atoms with Gasteiger partial charge in [0.15, 0.2) is 5.75 Å². The first kappa shape index (κ1) is 14.7. The first-order valence-electron chi connectivity index (χ1n) is 5.94. The molecular formula is C12H17N3O4. The van der Waals surface area contributed by atoms with Crippen LogP contribution in [0.5, 0.6) is 5.75 Å². The van der Waals surface area contributed by atoms with E-state index in [1.54, 1.807) is 19.1 Å². The second-order valence-electron chi connectivity index (χ2n) is 3.78. The minimum absolute atomic E-state index is 0.0609. The van der Waals surface area contributed by atoms with Crippen LogP contribution in [0, 0.1) is 10.1 Å². The molecule has 0 aliphatic heterocycles. The lowest BCUT2D eigenvalue weighted by Crippen LogP contribution is -2.26. The molecular weight excluding hydrogens is 250 g/mol. The maximum atomic E-state index is 10.8. The van der Waals surface area contributed by atoms with Crippen molar-refractivity contribution >= 4 is 17.3 Å². The van der Waals surface area contributed by atoms with E-state index < -0.39 is 4.92 Å². The Morgan fingerprint density at radius 1 is 1.42 bits per heavy atom. The molecule has 0 fully saturated rings. The zero-order valence-electron chi connectivity index (χ0n) is 10.9. The number of carbonyl (C=O) groups excluding carboxylic acids is 1. The number of nitro benzene ring substituents is 1. The molecule has 7 nitrogen and oxygen atoms in total. The Bertz CT molecular complexity index is 462. The Morgan fingerprint density at radius 2 is 2.16 bits per heavy atom. The molecule has 1 rings (SSSR count). The van der Waals surface area contributed by atoms with Crippen molar-refractivity contribution in [1.29, 1.82) is 0 Å². The molecule has 1 aromatic carbocycles. The fraction of sp³-hybridized carbons (Fsp3) is 0.417. The summed E-state index contributed by atoms with van der Waals surface area (Å²) < 4.78 is 5.23. The molecule has 0 saturated carbocycles. The van der Waals surface area contributed by atoms with Gasteiger partial charge in [0.1, 0.15) is 0 Å². The summed E-state index contributed by atoms with van der Waals surface area (Å²) in [6, 6.07) is 4.58. The molecule has 0 aromatic heterocycles. The molecule has 19 heavy (non-hydrogen) atoms. The Kier molecular flexibility index (Phi) is 5.59. The summed E-state index contributed by atoms with van der Waals surface area (Å²) in [6.07, 6.45) is 0. The number of anilines is 1. The number of benzene rings is 1. The zero-order valence-corrected chi connectivity index (χ0v) is 10.9. The van der Waals surface area contributed by atoms with Crippen LogP contribution >= 0.6 is 0 Å². The van der Waals surface area contributed by atoms with E-state index >= 15 is 0 Å². The van der Waals surface area contributed by atoms with Gasteiger partial charge in [0.25, 0.3) is 0 Å². The molecule has 0 bridgehead atoms. The van der Waals surface area contributed by atoms with Gasteiger partial charge in [0.2, 0.25) is 5.91 Å². The average Bonchev–Trinajstić information content (AvgIpc) is 2.35. The lowest BCUT2D eigenvalue weighted by molar-refractivity contribution is -0.385. The van der Waals surface area contributed by atoms with Gasteiger partial charge in [0, 0.05) is 37.8 Å². The third-order valence-electron chi connectivity index (χ3n) is 2.28. The number of ether oxygens (including phenoxy) is 1. The van der Waals surface area contributed by atoms with Crippen LogP contribution in [-0.2, 0) is 4.79 Å². The molecule has 1 aromatic rings. The second kappa shape index (κ2) is 7.20. The molecule has 0 saturated heterocycles. The van der Waals surface area contributed by atoms with Gasteiger partial charge >= 0.3 is 5.69 Å². The summed E-state index contributed by atoms with van der Waals surface area (Å²) in [7, 11) is 0. The molecule has 0 radical (unpaired) electrons. The largest absolute Gasteiger partial charge is 0.487 e. The van der Waals surface area contributed by atoms with Crippen LogP contribution in [0.25, 0.3) is 0 Å². The van der Waals surface area contributed by atoms with Gasteiger partial charge < -0.3 is 15.4 Å². The molecule has 0 aliphatic rings. The summed E-state index contributed by atoms with van der Waals surface area (Å²) in [5, 5.41) is 16.5. The van der Waals surface area contributed by atoms with Crippen molar-refractivity contribution in [2.45, 2.75) is 13.8 Å². The fourth-order valence-electron chi connectivity index (χ4n) is 1.49. The lowest BCUT2D eigenvalue weighted by Gasteiger charge is -2.09. The zero-order chi connectivity index (χ0) is 14.3. The molecule has 0 heterocycles. The van der Waals surface area contributed by atoms with Crippen LogP contribution in [0.4, 0.5) is 11.4 Å². The van der Waals surface area contributed by atoms with E-state index in [1.165, 1.54) is 13.0 Å². The van der Waals surface area contributed by atoms with Crippen molar-refractivity contribution in [2.24, 2.45) is 0 Å². The monoisotopic (exact) mass is 267 g/mol. The van der Waals surface area contributed by atoms with E-state index in [2.05, 4.69) is 10.6 Å². The second-order valence-corrected chi connectivity index (χ2v) is 3.78. The first-order valence-corrected chi connectivity index (χ1v) is 5.94. The fourth-order valence-corrected chi connectivity index (χ4v) is 1.49. The minimum atomic E-state index is -0.480. The first-order chi connectivity index (χ1) is 9.04. The number of rotatable bonds is 7. The third-order valence-corrected chi connectivity index (χ3v) is 2.28. The predicted molar refractivity (Wildman–Crippen MR) is 71.4 cm³/mol. The highest BCUT2D eigenvalue weighted by Gasteiger charge is 2.14. The van der Waals surface area contributed by atoms with Crippen LogP contribution in [0.15, 0.2) is 18.2 Å². The van der Waals surface area contributed by atoms with Crippen LogP contribution in [0.2, 0.25) is 0 Å². The lowest BCUT2D eigenvalue weighted by atomic mass is 10.2. The molecule has 0 unspecified atom stereocenters. The summed E-state index contributed by atoms with van der Waals surface area (Å²) in [4.78, 5) is 21.0. The molecule has 104 valence electrons. The number of hydrogen-bond donors (Lipinski definition) is 2. The van der Waals surface area contributed by atoms with E-state index in [1.807, 2.05) is 0 Å². The molecule has 0 spiro atoms. The van der Waals surface area contributed by atoms with Crippen molar-refractivity contribution in [3.63, 3.8) is 0 Å². The highest BCUT2D eigenvalue weighted by molar-refractivity contribution is 5.72. The van der Waals surface area contributed by atoms with Gasteiger partial charge in [-0.1, -0.05) is 0 Å². The number of nitro groups is 1. The number of carbonyl (C=O) groups is 1. The van der Waals surface area contributed by atoms with E-state index in [9.17, 15) is 14.9 Å². The van der Waals surface area contributed by atoms with Crippen LogP contribution in [-0.4, -0.2) is 30.5 Å². The molecule has 0 aliphatic carbocycles. The van der Waals surface area contributed by atoms with Gasteiger partial charge in [-0.2, -0.15) is 0 Å². The van der Waals surface area contributed by atoms with Gasteiger partial charge in [-0.3, -0.25) is 14.9 Å². The number of hydrogen-bond acceptors (Lipinski definition) is 5. The maximum absolute atomic E-state index is 10.8. The Hall–Kier alpha value is -2.31. The number of amides is 1. The van der Waals surface area contributed by atoms with E-state index in [4.69, 9.17) is 4.74 Å². The topological polar surface area (TPSA) is 93.5 Å². The molecule has 0 atom stereocenters. The SMILES string of the molecule is CCOc1cc(NCCNC(C)=O)ccc1[N+](=O)[O-]. The molecule has 1 amide bonds. The Labute approximate surface area is 111 Å². The summed E-state index contributed by atoms with van der Waals surface area (Å²) >= 11 is 0. The maximum Gasteiger partial charge on any atom is 0.311 e.